The Balaban J connectivity index is 2.04. The van der Waals surface area contributed by atoms with Gasteiger partial charge in [0.25, 0.3) is 0 Å². The fraction of sp³-hybridized carbons (Fsp3) is 0.800. The van der Waals surface area contributed by atoms with Crippen LogP contribution in [-0.2, 0) is 0 Å². The third-order valence-electron chi connectivity index (χ3n) is 0.984. The first-order valence-electron chi connectivity index (χ1n) is 2.66. The lowest BCUT2D eigenvalue weighted by Gasteiger charge is -1.90. The predicted octanol–water partition coefficient (Wildman–Crippen LogP) is 1.22. The Kier molecular flexibility index (Phi) is 2.59. The van der Waals surface area contributed by atoms with Crippen LogP contribution in [0.5, 0.6) is 0 Å². The van der Waals surface area contributed by atoms with Crippen molar-refractivity contribution >= 4 is 11.9 Å². The minimum absolute atomic E-state index is 1.09. The Hall–Kier alpha value is 0.310. The third-order valence-corrected chi connectivity index (χ3v) is 1.85. The van der Waals surface area contributed by atoms with Crippen molar-refractivity contribution in [3.05, 3.63) is 6.42 Å². The van der Waals surface area contributed by atoms with Crippen molar-refractivity contribution in [2.45, 2.75) is 12.8 Å². The van der Waals surface area contributed by atoms with E-state index in [1.165, 1.54) is 18.6 Å². The summed E-state index contributed by atoms with van der Waals surface area (Å²) in [6.45, 7) is 1.09. The zero-order valence-electron chi connectivity index (χ0n) is 4.31. The summed E-state index contributed by atoms with van der Waals surface area (Å²) in [5.41, 5.74) is 0. The molecule has 7 heavy (non-hydrogen) atoms. The second-order valence-electron chi connectivity index (χ2n) is 1.63. The largest absolute Gasteiger partial charge is 0.264 e. The van der Waals surface area contributed by atoms with Gasteiger partial charge in [0.2, 0.25) is 0 Å². The van der Waals surface area contributed by atoms with Gasteiger partial charge in [0.1, 0.15) is 0 Å². The van der Waals surface area contributed by atoms with E-state index >= 15 is 0 Å². The fourth-order valence-electron chi connectivity index (χ4n) is 0.592. The molecule has 0 aromatic heterocycles. The molecule has 1 N–H and O–H groups in total. The van der Waals surface area contributed by atoms with E-state index in [0.717, 1.165) is 6.54 Å². The molecule has 1 radical (unpaired) electrons. The molecule has 0 aliphatic carbocycles. The maximum Gasteiger partial charge on any atom is 0.00900 e. The Morgan fingerprint density at radius 3 is 3.57 bits per heavy atom. The van der Waals surface area contributed by atoms with Gasteiger partial charge in [-0.05, 0) is 19.3 Å². The topological polar surface area (TPSA) is 12.0 Å². The Morgan fingerprint density at radius 1 is 1.57 bits per heavy atom. The molecule has 0 amide bonds. The van der Waals surface area contributed by atoms with Gasteiger partial charge in [-0.1, -0.05) is 11.9 Å². The molecule has 0 unspecified atom stereocenters. The van der Waals surface area contributed by atoms with Crippen LogP contribution in [-0.4, -0.2) is 12.3 Å². The van der Waals surface area contributed by atoms with Gasteiger partial charge in [-0.2, -0.15) is 0 Å². The van der Waals surface area contributed by atoms with Gasteiger partial charge in [0.15, 0.2) is 0 Å². The number of rotatable bonds is 0. The zero-order chi connectivity index (χ0) is 4.95. The van der Waals surface area contributed by atoms with E-state index in [4.69, 9.17) is 0 Å². The molecule has 1 aliphatic heterocycles. The van der Waals surface area contributed by atoms with Crippen LogP contribution in [0.15, 0.2) is 0 Å². The van der Waals surface area contributed by atoms with Crippen molar-refractivity contribution in [2.75, 3.05) is 12.3 Å². The quantitative estimate of drug-likeness (QED) is 0.478. The summed E-state index contributed by atoms with van der Waals surface area (Å²) >= 11 is 1.83. The van der Waals surface area contributed by atoms with Crippen molar-refractivity contribution < 1.29 is 0 Å². The molecular weight excluding hydrogens is 106 g/mol. The monoisotopic (exact) mass is 116 g/mol. The predicted molar refractivity (Wildman–Crippen MR) is 34.0 cm³/mol. The lowest BCUT2D eigenvalue weighted by molar-refractivity contribution is 0.886. The summed E-state index contributed by atoms with van der Waals surface area (Å²) in [6.07, 6.45) is 4.93. The molecule has 0 atom stereocenters. The second kappa shape index (κ2) is 3.33. The zero-order valence-corrected chi connectivity index (χ0v) is 5.13. The molecule has 2 heteroatoms. The maximum atomic E-state index is 3.21. The summed E-state index contributed by atoms with van der Waals surface area (Å²) in [5, 5.41) is 0. The molecule has 1 fully saturated rings. The molecule has 0 spiro atoms. The highest BCUT2D eigenvalue weighted by Crippen LogP contribution is 2.05. The summed E-state index contributed by atoms with van der Waals surface area (Å²) in [5.74, 6) is 1.27. The molecule has 0 bridgehead atoms. The molecule has 41 valence electrons. The lowest BCUT2D eigenvalue weighted by Crippen LogP contribution is -2.02. The van der Waals surface area contributed by atoms with Gasteiger partial charge in [0.05, 0.1) is 0 Å². The molecule has 1 saturated heterocycles. The van der Waals surface area contributed by atoms with Crippen LogP contribution in [0.25, 0.3) is 0 Å². The summed E-state index contributed by atoms with van der Waals surface area (Å²) in [6, 6.07) is 0. The SMILES string of the molecule is [CH]1CCCSNC1. The molecule has 0 saturated carbocycles. The average Bonchev–Trinajstić information content (AvgIpc) is 1.90. The van der Waals surface area contributed by atoms with E-state index in [1.807, 2.05) is 11.9 Å². The van der Waals surface area contributed by atoms with Gasteiger partial charge in [-0.15, -0.1) is 0 Å². The number of hydrogen-bond acceptors (Lipinski definition) is 2. The summed E-state index contributed by atoms with van der Waals surface area (Å²) < 4.78 is 3.21. The maximum absolute atomic E-state index is 3.21. The standard InChI is InChI=1S/C5H10NS/c1-2-4-6-7-5-3-1/h2,6H,1,3-5H2. The highest BCUT2D eigenvalue weighted by atomic mass is 32.2. The summed E-state index contributed by atoms with van der Waals surface area (Å²) in [7, 11) is 0. The van der Waals surface area contributed by atoms with Gasteiger partial charge < -0.3 is 0 Å². The first-order chi connectivity index (χ1) is 3.50. The van der Waals surface area contributed by atoms with Crippen LogP contribution >= 0.6 is 11.9 Å². The number of nitrogens with one attached hydrogen (secondary N) is 1. The lowest BCUT2D eigenvalue weighted by atomic mass is 10.3. The van der Waals surface area contributed by atoms with Crippen LogP contribution < -0.4 is 4.72 Å². The molecule has 0 aromatic rings. The Labute approximate surface area is 49.0 Å². The van der Waals surface area contributed by atoms with E-state index in [0.29, 0.717) is 0 Å². The van der Waals surface area contributed by atoms with Gasteiger partial charge in [-0.25, -0.2) is 0 Å². The van der Waals surface area contributed by atoms with E-state index in [2.05, 4.69) is 11.1 Å². The Morgan fingerprint density at radius 2 is 2.57 bits per heavy atom. The van der Waals surface area contributed by atoms with Crippen molar-refractivity contribution in [1.82, 2.24) is 4.72 Å². The molecule has 1 rings (SSSR count). The average molecular weight is 116 g/mol. The van der Waals surface area contributed by atoms with Crippen molar-refractivity contribution in [1.29, 1.82) is 0 Å². The van der Waals surface area contributed by atoms with Crippen LogP contribution in [0, 0.1) is 6.42 Å². The first-order valence-corrected chi connectivity index (χ1v) is 3.65. The second-order valence-corrected chi connectivity index (χ2v) is 2.61. The molecule has 0 aromatic carbocycles. The smallest absolute Gasteiger partial charge is 0.00900 e. The van der Waals surface area contributed by atoms with Crippen LogP contribution in [0.1, 0.15) is 12.8 Å². The minimum Gasteiger partial charge on any atom is -0.264 e. The minimum atomic E-state index is 1.09. The van der Waals surface area contributed by atoms with Crippen LogP contribution in [0.4, 0.5) is 0 Å². The van der Waals surface area contributed by atoms with E-state index in [9.17, 15) is 0 Å². The van der Waals surface area contributed by atoms with E-state index < -0.39 is 0 Å². The summed E-state index contributed by atoms with van der Waals surface area (Å²) in [4.78, 5) is 0. The van der Waals surface area contributed by atoms with Gasteiger partial charge >= 0.3 is 0 Å². The molecule has 1 aliphatic rings. The van der Waals surface area contributed by atoms with E-state index in [1.54, 1.807) is 0 Å². The number of hydrogen-bond donors (Lipinski definition) is 1. The van der Waals surface area contributed by atoms with Crippen molar-refractivity contribution in [3.63, 3.8) is 0 Å². The fourth-order valence-corrected chi connectivity index (χ4v) is 1.28. The van der Waals surface area contributed by atoms with Gasteiger partial charge in [0, 0.05) is 12.3 Å². The first kappa shape index (κ1) is 5.45. The molecular formula is C5H10NS. The third kappa shape index (κ3) is 2.19. The normalized spacial score (nSPS) is 24.0. The highest BCUT2D eigenvalue weighted by Gasteiger charge is 1.94. The van der Waals surface area contributed by atoms with Crippen LogP contribution in [0.3, 0.4) is 0 Å². The van der Waals surface area contributed by atoms with Crippen molar-refractivity contribution in [2.24, 2.45) is 0 Å². The molecule has 1 heterocycles. The van der Waals surface area contributed by atoms with E-state index in [-0.39, 0.29) is 0 Å². The van der Waals surface area contributed by atoms with Crippen LogP contribution in [0.2, 0.25) is 0 Å². The Bertz CT molecular complexity index is 27.7. The molecule has 1 nitrogen and oxygen atoms in total. The van der Waals surface area contributed by atoms with Crippen molar-refractivity contribution in [3.8, 4) is 0 Å². The highest BCUT2D eigenvalue weighted by molar-refractivity contribution is 7.97. The van der Waals surface area contributed by atoms with Gasteiger partial charge in [-0.3, -0.25) is 4.72 Å².